The molecule has 1 saturated heterocycles. The summed E-state index contributed by atoms with van der Waals surface area (Å²) < 4.78 is 1.68. The summed E-state index contributed by atoms with van der Waals surface area (Å²) in [4.78, 5) is 26.0. The number of nitrogens with zero attached hydrogens (tertiary/aromatic N) is 3. The van der Waals surface area contributed by atoms with Gasteiger partial charge in [0.15, 0.2) is 0 Å². The second-order valence-corrected chi connectivity index (χ2v) is 5.13. The van der Waals surface area contributed by atoms with Crippen LogP contribution in [0.3, 0.4) is 0 Å². The number of carbonyl (C=O) groups is 2. The van der Waals surface area contributed by atoms with Gasteiger partial charge in [0.2, 0.25) is 5.91 Å². The normalized spacial score (nSPS) is 18.7. The fourth-order valence-electron chi connectivity index (χ4n) is 2.48. The molecule has 1 unspecified atom stereocenters. The molecular formula is C15H16N4O2. The van der Waals surface area contributed by atoms with Crippen LogP contribution in [0.4, 0.5) is 0 Å². The Balaban J connectivity index is 1.81. The lowest BCUT2D eigenvalue weighted by Gasteiger charge is -2.32. The minimum Gasteiger partial charge on any atom is -0.339 e. The Kier molecular flexibility index (Phi) is 3.43. The Morgan fingerprint density at radius 2 is 2.05 bits per heavy atom. The van der Waals surface area contributed by atoms with Crippen molar-refractivity contribution in [3.63, 3.8) is 0 Å². The van der Waals surface area contributed by atoms with Gasteiger partial charge in [0, 0.05) is 25.4 Å². The lowest BCUT2D eigenvalue weighted by atomic mass is 10.0. The van der Waals surface area contributed by atoms with Crippen LogP contribution in [0.5, 0.6) is 0 Å². The number of benzene rings is 1. The van der Waals surface area contributed by atoms with Crippen molar-refractivity contribution in [3.05, 3.63) is 53.9 Å². The number of amides is 2. The van der Waals surface area contributed by atoms with E-state index in [0.29, 0.717) is 6.54 Å². The van der Waals surface area contributed by atoms with Gasteiger partial charge in [-0.15, -0.1) is 0 Å². The lowest BCUT2D eigenvalue weighted by molar-refractivity contribution is -0.145. The molecule has 1 aromatic heterocycles. The van der Waals surface area contributed by atoms with Gasteiger partial charge in [-0.3, -0.25) is 14.3 Å². The summed E-state index contributed by atoms with van der Waals surface area (Å²) in [5, 5.41) is 6.83. The van der Waals surface area contributed by atoms with E-state index in [4.69, 9.17) is 0 Å². The van der Waals surface area contributed by atoms with Crippen molar-refractivity contribution in [1.29, 1.82) is 0 Å². The number of aromatic nitrogens is 2. The summed E-state index contributed by atoms with van der Waals surface area (Å²) in [5.41, 5.74) is 1.71. The van der Waals surface area contributed by atoms with Gasteiger partial charge >= 0.3 is 0 Å². The quantitative estimate of drug-likeness (QED) is 0.898. The number of hydrogen-bond acceptors (Lipinski definition) is 3. The van der Waals surface area contributed by atoms with E-state index in [1.54, 1.807) is 15.8 Å². The molecule has 0 spiro atoms. The third-order valence-electron chi connectivity index (χ3n) is 3.46. The van der Waals surface area contributed by atoms with Crippen LogP contribution in [0.1, 0.15) is 17.2 Å². The zero-order valence-electron chi connectivity index (χ0n) is 11.7. The minimum atomic E-state index is -0.607. The zero-order valence-corrected chi connectivity index (χ0v) is 11.7. The van der Waals surface area contributed by atoms with E-state index in [0.717, 1.165) is 11.1 Å². The van der Waals surface area contributed by atoms with Crippen molar-refractivity contribution in [2.24, 2.45) is 7.05 Å². The highest BCUT2D eigenvalue weighted by molar-refractivity contribution is 5.95. The van der Waals surface area contributed by atoms with Crippen LogP contribution >= 0.6 is 0 Å². The first-order chi connectivity index (χ1) is 10.1. The Bertz CT molecular complexity index is 665. The van der Waals surface area contributed by atoms with Crippen LogP contribution in [0.2, 0.25) is 0 Å². The summed E-state index contributed by atoms with van der Waals surface area (Å²) in [6.07, 6.45) is 3.55. The second-order valence-electron chi connectivity index (χ2n) is 5.13. The first-order valence-corrected chi connectivity index (χ1v) is 6.74. The largest absolute Gasteiger partial charge is 0.339 e. The summed E-state index contributed by atoms with van der Waals surface area (Å²) in [5.74, 6) is -0.239. The molecule has 6 heteroatoms. The molecule has 21 heavy (non-hydrogen) atoms. The van der Waals surface area contributed by atoms with Gasteiger partial charge in [-0.2, -0.15) is 5.10 Å². The highest BCUT2D eigenvalue weighted by atomic mass is 16.2. The molecule has 0 radical (unpaired) electrons. The Labute approximate surface area is 122 Å². The van der Waals surface area contributed by atoms with Crippen LogP contribution in [-0.2, 0) is 23.2 Å². The second kappa shape index (κ2) is 5.40. The summed E-state index contributed by atoms with van der Waals surface area (Å²) in [6, 6.07) is 8.67. The Morgan fingerprint density at radius 1 is 1.29 bits per heavy atom. The first-order valence-electron chi connectivity index (χ1n) is 6.74. The molecule has 2 amide bonds. The van der Waals surface area contributed by atoms with E-state index in [1.807, 2.05) is 43.6 Å². The third-order valence-corrected chi connectivity index (χ3v) is 3.46. The van der Waals surface area contributed by atoms with Crippen molar-refractivity contribution in [1.82, 2.24) is 20.0 Å². The maximum Gasteiger partial charge on any atom is 0.250 e. The summed E-state index contributed by atoms with van der Waals surface area (Å²) in [7, 11) is 1.82. The highest BCUT2D eigenvalue weighted by Gasteiger charge is 2.33. The molecule has 3 rings (SSSR count). The number of nitrogens with one attached hydrogen (secondary N) is 1. The fourth-order valence-corrected chi connectivity index (χ4v) is 2.48. The van der Waals surface area contributed by atoms with Crippen molar-refractivity contribution >= 4 is 11.8 Å². The lowest BCUT2D eigenvalue weighted by Crippen LogP contribution is -2.52. The third kappa shape index (κ3) is 2.79. The van der Waals surface area contributed by atoms with E-state index < -0.39 is 6.04 Å². The average molecular weight is 284 g/mol. The molecule has 6 nitrogen and oxygen atoms in total. The van der Waals surface area contributed by atoms with Gasteiger partial charge in [0.25, 0.3) is 5.91 Å². The van der Waals surface area contributed by atoms with Crippen molar-refractivity contribution in [3.8, 4) is 0 Å². The first kappa shape index (κ1) is 13.4. The van der Waals surface area contributed by atoms with Gasteiger partial charge < -0.3 is 10.2 Å². The molecule has 1 N–H and O–H groups in total. The minimum absolute atomic E-state index is 0.0804. The number of piperazine rings is 1. The average Bonchev–Trinajstić information content (AvgIpc) is 2.89. The highest BCUT2D eigenvalue weighted by Crippen LogP contribution is 2.20. The molecule has 1 fully saturated rings. The van der Waals surface area contributed by atoms with E-state index >= 15 is 0 Å². The maximum atomic E-state index is 12.6. The van der Waals surface area contributed by atoms with Gasteiger partial charge in [0.1, 0.15) is 6.04 Å². The number of aryl methyl sites for hydroxylation is 1. The topological polar surface area (TPSA) is 67.2 Å². The molecule has 1 aromatic carbocycles. The van der Waals surface area contributed by atoms with Crippen LogP contribution in [-0.4, -0.2) is 33.0 Å². The van der Waals surface area contributed by atoms with Gasteiger partial charge in [-0.05, 0) is 5.56 Å². The van der Waals surface area contributed by atoms with Crippen molar-refractivity contribution in [2.75, 3.05) is 6.54 Å². The number of hydrogen-bond donors (Lipinski definition) is 1. The smallest absolute Gasteiger partial charge is 0.250 e. The number of rotatable bonds is 3. The fraction of sp³-hybridized carbons (Fsp3) is 0.267. The van der Waals surface area contributed by atoms with Crippen LogP contribution in [0.15, 0.2) is 42.7 Å². The predicted octanol–water partition coefficient (Wildman–Crippen LogP) is 0.620. The van der Waals surface area contributed by atoms with Gasteiger partial charge in [-0.1, -0.05) is 30.3 Å². The predicted molar refractivity (Wildman–Crippen MR) is 76.0 cm³/mol. The van der Waals surface area contributed by atoms with Crippen LogP contribution < -0.4 is 5.32 Å². The molecular weight excluding hydrogens is 268 g/mol. The van der Waals surface area contributed by atoms with Gasteiger partial charge in [-0.25, -0.2) is 0 Å². The van der Waals surface area contributed by atoms with E-state index in [-0.39, 0.29) is 18.4 Å². The molecule has 2 heterocycles. The number of carbonyl (C=O) groups excluding carboxylic acids is 2. The van der Waals surface area contributed by atoms with Crippen molar-refractivity contribution in [2.45, 2.75) is 12.6 Å². The van der Waals surface area contributed by atoms with Gasteiger partial charge in [0.05, 0.1) is 12.7 Å². The Morgan fingerprint density at radius 3 is 2.71 bits per heavy atom. The summed E-state index contributed by atoms with van der Waals surface area (Å²) >= 11 is 0. The standard InChI is InChI=1S/C15H16N4O2/c1-18-8-11(7-16-18)9-19-10-13(20)17-14(15(19)21)12-5-3-2-4-6-12/h2-8,14H,9-10H2,1H3,(H,17,20). The monoisotopic (exact) mass is 284 g/mol. The molecule has 1 aliphatic heterocycles. The van der Waals surface area contributed by atoms with E-state index in [1.165, 1.54) is 0 Å². The Hall–Kier alpha value is -2.63. The SMILES string of the molecule is Cn1cc(CN2CC(=O)NC(c3ccccc3)C2=O)cn1. The van der Waals surface area contributed by atoms with Crippen molar-refractivity contribution < 1.29 is 9.59 Å². The zero-order chi connectivity index (χ0) is 14.8. The van der Waals surface area contributed by atoms with E-state index in [9.17, 15) is 9.59 Å². The molecule has 1 aliphatic rings. The maximum absolute atomic E-state index is 12.6. The molecule has 0 aliphatic carbocycles. The molecule has 1 atom stereocenters. The molecule has 108 valence electrons. The van der Waals surface area contributed by atoms with E-state index in [2.05, 4.69) is 10.4 Å². The molecule has 0 saturated carbocycles. The summed E-state index contributed by atoms with van der Waals surface area (Å²) in [6.45, 7) is 0.473. The molecule has 0 bridgehead atoms. The van der Waals surface area contributed by atoms with Crippen LogP contribution in [0.25, 0.3) is 0 Å². The molecule has 2 aromatic rings. The van der Waals surface area contributed by atoms with Crippen LogP contribution in [0, 0.1) is 0 Å².